The number of morpholine rings is 1. The second kappa shape index (κ2) is 4.17. The Morgan fingerprint density at radius 2 is 2.11 bits per heavy atom. The number of carbonyl (C=O) groups excluding carboxylic acids is 2. The molecule has 0 unspecified atom stereocenters. The van der Waals surface area contributed by atoms with E-state index in [-0.39, 0.29) is 18.1 Å². The Morgan fingerprint density at radius 1 is 1.39 bits per heavy atom. The summed E-state index contributed by atoms with van der Waals surface area (Å²) >= 11 is 5.76. The van der Waals surface area contributed by atoms with Gasteiger partial charge in [0.25, 0.3) is 0 Å². The van der Waals surface area contributed by atoms with E-state index in [9.17, 15) is 9.59 Å². The first-order valence-electron chi connectivity index (χ1n) is 5.67. The molecule has 1 N–H and O–H groups in total. The van der Waals surface area contributed by atoms with Gasteiger partial charge in [-0.25, -0.2) is 9.59 Å². The van der Waals surface area contributed by atoms with Gasteiger partial charge in [0.05, 0.1) is 6.54 Å². The summed E-state index contributed by atoms with van der Waals surface area (Å²) in [6.45, 7) is 0.468. The van der Waals surface area contributed by atoms with Crippen molar-refractivity contribution in [1.29, 1.82) is 0 Å². The van der Waals surface area contributed by atoms with Gasteiger partial charge in [-0.1, -0.05) is 11.6 Å². The van der Waals surface area contributed by atoms with Crippen LogP contribution in [-0.2, 0) is 9.53 Å². The highest BCUT2D eigenvalue weighted by molar-refractivity contribution is 6.30. The van der Waals surface area contributed by atoms with E-state index in [0.717, 1.165) is 0 Å². The second-order valence-corrected chi connectivity index (χ2v) is 4.84. The predicted molar refractivity (Wildman–Crippen MR) is 65.5 cm³/mol. The minimum absolute atomic E-state index is 0.140. The monoisotopic (exact) mass is 266 g/mol. The quantitative estimate of drug-likeness (QED) is 0.790. The number of likely N-dealkylation sites (tertiary alicyclic amines) is 1. The molecule has 2 amide bonds. The first kappa shape index (κ1) is 11.3. The number of benzene rings is 1. The topological polar surface area (TPSA) is 58.6 Å². The third-order valence-electron chi connectivity index (χ3n) is 3.17. The number of carbonyl (C=O) groups is 2. The zero-order valence-corrected chi connectivity index (χ0v) is 10.2. The number of amides is 2. The summed E-state index contributed by atoms with van der Waals surface area (Å²) in [5.74, 6) is -0.308. The lowest BCUT2D eigenvalue weighted by Crippen LogP contribution is -2.46. The summed E-state index contributed by atoms with van der Waals surface area (Å²) in [4.78, 5) is 24.9. The molecule has 6 heteroatoms. The molecule has 94 valence electrons. The van der Waals surface area contributed by atoms with Gasteiger partial charge < -0.3 is 15.0 Å². The number of esters is 1. The van der Waals surface area contributed by atoms with Crippen LogP contribution in [0.2, 0.25) is 5.02 Å². The molecule has 1 aromatic carbocycles. The number of urea groups is 1. The van der Waals surface area contributed by atoms with Gasteiger partial charge in [0.15, 0.2) is 0 Å². The van der Waals surface area contributed by atoms with Gasteiger partial charge in [-0.2, -0.15) is 0 Å². The van der Waals surface area contributed by atoms with E-state index < -0.39 is 6.04 Å². The minimum atomic E-state index is -0.428. The van der Waals surface area contributed by atoms with Gasteiger partial charge >= 0.3 is 12.0 Å². The summed E-state index contributed by atoms with van der Waals surface area (Å²) in [7, 11) is 0. The molecule has 0 aliphatic carbocycles. The van der Waals surface area contributed by atoms with E-state index >= 15 is 0 Å². The lowest BCUT2D eigenvalue weighted by Gasteiger charge is -2.25. The van der Waals surface area contributed by atoms with Gasteiger partial charge in [-0.15, -0.1) is 0 Å². The zero-order chi connectivity index (χ0) is 12.7. The highest BCUT2D eigenvalue weighted by Crippen LogP contribution is 2.29. The molecule has 2 bridgehead atoms. The van der Waals surface area contributed by atoms with Crippen molar-refractivity contribution in [2.45, 2.75) is 18.6 Å². The van der Waals surface area contributed by atoms with Crippen molar-refractivity contribution in [1.82, 2.24) is 4.90 Å². The maximum atomic E-state index is 12.0. The molecule has 2 heterocycles. The second-order valence-electron chi connectivity index (χ2n) is 4.40. The van der Waals surface area contributed by atoms with Crippen LogP contribution in [-0.4, -0.2) is 35.6 Å². The van der Waals surface area contributed by atoms with Crippen molar-refractivity contribution in [3.05, 3.63) is 29.3 Å². The molecule has 2 saturated heterocycles. The lowest BCUT2D eigenvalue weighted by atomic mass is 10.2. The Labute approximate surface area is 109 Å². The Morgan fingerprint density at radius 3 is 2.72 bits per heavy atom. The Bertz CT molecular complexity index is 503. The van der Waals surface area contributed by atoms with Gasteiger partial charge in [-0.3, -0.25) is 0 Å². The molecule has 1 aromatic rings. The molecular formula is C12H11ClN2O3. The van der Waals surface area contributed by atoms with Crippen LogP contribution in [0.25, 0.3) is 0 Å². The molecule has 2 aliphatic rings. The summed E-state index contributed by atoms with van der Waals surface area (Å²) in [6.07, 6.45) is 0.464. The van der Waals surface area contributed by atoms with Crippen molar-refractivity contribution in [3.8, 4) is 0 Å². The van der Waals surface area contributed by atoms with Crippen LogP contribution in [0.15, 0.2) is 24.3 Å². The lowest BCUT2D eigenvalue weighted by molar-refractivity contribution is -0.149. The molecule has 0 saturated carbocycles. The Hall–Kier alpha value is -1.75. The van der Waals surface area contributed by atoms with E-state index in [1.807, 2.05) is 0 Å². The number of halogens is 1. The standard InChI is InChI=1S/C12H11ClN2O3/c13-7-1-3-8(4-2-7)14-12(17)15-6-9-5-10(15)11(16)18-9/h1-4,9-10H,5-6H2,(H,14,17)/t9-,10-/m1/s1. The molecule has 0 aromatic heterocycles. The van der Waals surface area contributed by atoms with E-state index in [2.05, 4.69) is 5.32 Å². The maximum Gasteiger partial charge on any atom is 0.329 e. The van der Waals surface area contributed by atoms with Crippen LogP contribution in [0.1, 0.15) is 6.42 Å². The number of fused-ring (bicyclic) bond motifs is 2. The SMILES string of the molecule is O=C1O[C@@H]2C[C@H]1N(C(=O)Nc1ccc(Cl)cc1)C2. The van der Waals surface area contributed by atoms with Crippen molar-refractivity contribution >= 4 is 29.3 Å². The van der Waals surface area contributed by atoms with E-state index in [0.29, 0.717) is 23.7 Å². The number of ether oxygens (including phenoxy) is 1. The van der Waals surface area contributed by atoms with Crippen LogP contribution in [0.5, 0.6) is 0 Å². The van der Waals surface area contributed by atoms with Crippen LogP contribution in [0.3, 0.4) is 0 Å². The van der Waals surface area contributed by atoms with Crippen LogP contribution in [0.4, 0.5) is 10.5 Å². The van der Waals surface area contributed by atoms with Crippen molar-refractivity contribution in [2.75, 3.05) is 11.9 Å². The molecule has 0 radical (unpaired) electrons. The largest absolute Gasteiger partial charge is 0.459 e. The molecule has 2 atom stereocenters. The van der Waals surface area contributed by atoms with E-state index in [1.165, 1.54) is 4.90 Å². The van der Waals surface area contributed by atoms with Crippen molar-refractivity contribution < 1.29 is 14.3 Å². The molecule has 0 spiro atoms. The average molecular weight is 267 g/mol. The average Bonchev–Trinajstić information content (AvgIpc) is 2.90. The fourth-order valence-corrected chi connectivity index (χ4v) is 2.43. The molecule has 2 aliphatic heterocycles. The first-order chi connectivity index (χ1) is 8.63. The third-order valence-corrected chi connectivity index (χ3v) is 3.43. The highest BCUT2D eigenvalue weighted by atomic mass is 35.5. The number of rotatable bonds is 1. The summed E-state index contributed by atoms with van der Waals surface area (Å²) in [5, 5.41) is 3.35. The van der Waals surface area contributed by atoms with Crippen LogP contribution in [0, 0.1) is 0 Å². The first-order valence-corrected chi connectivity index (χ1v) is 6.05. The number of hydrogen-bond acceptors (Lipinski definition) is 3. The molecule has 18 heavy (non-hydrogen) atoms. The summed E-state index contributed by atoms with van der Waals surface area (Å²) in [5.41, 5.74) is 0.653. The molecular weight excluding hydrogens is 256 g/mol. The number of nitrogens with zero attached hydrogens (tertiary/aromatic N) is 1. The molecule has 5 nitrogen and oxygen atoms in total. The molecule has 2 fully saturated rings. The fraction of sp³-hybridized carbons (Fsp3) is 0.333. The van der Waals surface area contributed by atoms with Crippen LogP contribution >= 0.6 is 11.6 Å². The number of nitrogens with one attached hydrogen (secondary N) is 1. The predicted octanol–water partition coefficient (Wildman–Crippen LogP) is 1.87. The highest BCUT2D eigenvalue weighted by Gasteiger charge is 2.48. The Balaban J connectivity index is 1.69. The smallest absolute Gasteiger partial charge is 0.329 e. The number of hydrogen-bond donors (Lipinski definition) is 1. The van der Waals surface area contributed by atoms with E-state index in [1.54, 1.807) is 24.3 Å². The van der Waals surface area contributed by atoms with Crippen LogP contribution < -0.4 is 5.32 Å². The Kier molecular flexibility index (Phi) is 2.63. The fourth-order valence-electron chi connectivity index (χ4n) is 2.30. The molecule has 3 rings (SSSR count). The third kappa shape index (κ3) is 1.90. The zero-order valence-electron chi connectivity index (χ0n) is 9.43. The van der Waals surface area contributed by atoms with Gasteiger partial charge in [0.2, 0.25) is 0 Å². The van der Waals surface area contributed by atoms with Gasteiger partial charge in [-0.05, 0) is 24.3 Å². The van der Waals surface area contributed by atoms with Crippen molar-refractivity contribution in [2.24, 2.45) is 0 Å². The summed E-state index contributed by atoms with van der Waals surface area (Å²) in [6, 6.07) is 6.12. The maximum absolute atomic E-state index is 12.0. The van der Waals surface area contributed by atoms with E-state index in [4.69, 9.17) is 16.3 Å². The summed E-state index contributed by atoms with van der Waals surface area (Å²) < 4.78 is 5.03. The number of anilines is 1. The van der Waals surface area contributed by atoms with Crippen molar-refractivity contribution in [3.63, 3.8) is 0 Å². The van der Waals surface area contributed by atoms with Gasteiger partial charge in [0.1, 0.15) is 12.1 Å². The minimum Gasteiger partial charge on any atom is -0.459 e. The normalized spacial score (nSPS) is 25.2. The van der Waals surface area contributed by atoms with Gasteiger partial charge in [0, 0.05) is 17.1 Å².